The molecule has 1 aromatic rings. The van der Waals surface area contributed by atoms with Gasteiger partial charge < -0.3 is 20.1 Å². The van der Waals surface area contributed by atoms with Crippen LogP contribution in [0.4, 0.5) is 11.6 Å². The number of hydrogen-bond acceptors (Lipinski definition) is 6. The summed E-state index contributed by atoms with van der Waals surface area (Å²) in [6.45, 7) is 6.29. The van der Waals surface area contributed by atoms with Gasteiger partial charge in [0.15, 0.2) is 0 Å². The summed E-state index contributed by atoms with van der Waals surface area (Å²) in [5.41, 5.74) is 0. The van der Waals surface area contributed by atoms with Crippen LogP contribution >= 0.6 is 15.9 Å². The van der Waals surface area contributed by atoms with E-state index in [-0.39, 0.29) is 18.8 Å². The second kappa shape index (κ2) is 7.19. The van der Waals surface area contributed by atoms with Crippen LogP contribution in [0.2, 0.25) is 0 Å². The quantitative estimate of drug-likeness (QED) is 0.846. The number of morpholine rings is 1. The Bertz CT molecular complexity index is 446. The summed E-state index contributed by atoms with van der Waals surface area (Å²) >= 11 is 3.58. The molecule has 1 saturated heterocycles. The van der Waals surface area contributed by atoms with Crippen molar-refractivity contribution in [1.29, 1.82) is 0 Å². The van der Waals surface area contributed by atoms with Crippen molar-refractivity contribution in [2.45, 2.75) is 32.4 Å². The average Bonchev–Trinajstić information content (AvgIpc) is 2.47. The van der Waals surface area contributed by atoms with Crippen LogP contribution in [0.15, 0.2) is 10.8 Å². The van der Waals surface area contributed by atoms with Gasteiger partial charge in [0.2, 0.25) is 0 Å². The molecule has 2 N–H and O–H groups in total. The summed E-state index contributed by atoms with van der Waals surface area (Å²) in [6, 6.07) is 0.211. The first kappa shape index (κ1) is 15.5. The number of rotatable bonds is 5. The van der Waals surface area contributed by atoms with Crippen LogP contribution in [0.25, 0.3) is 0 Å². The Labute approximate surface area is 127 Å². The fourth-order valence-corrected chi connectivity index (χ4v) is 2.72. The third kappa shape index (κ3) is 3.39. The molecule has 1 aliphatic rings. The molecular weight excluding hydrogens is 324 g/mol. The largest absolute Gasteiger partial charge is 0.394 e. The zero-order valence-corrected chi connectivity index (χ0v) is 13.4. The number of anilines is 2. The van der Waals surface area contributed by atoms with E-state index < -0.39 is 0 Å². The first-order valence-corrected chi connectivity index (χ1v) is 7.70. The summed E-state index contributed by atoms with van der Waals surface area (Å²) < 4.78 is 6.42. The number of aliphatic hydroxyl groups is 1. The van der Waals surface area contributed by atoms with Crippen molar-refractivity contribution >= 4 is 27.6 Å². The highest BCUT2D eigenvalue weighted by molar-refractivity contribution is 9.10. The molecule has 0 aliphatic carbocycles. The number of ether oxygens (including phenoxy) is 1. The Balaban J connectivity index is 2.22. The molecule has 0 saturated carbocycles. The van der Waals surface area contributed by atoms with Gasteiger partial charge in [0, 0.05) is 13.1 Å². The van der Waals surface area contributed by atoms with Crippen molar-refractivity contribution < 1.29 is 9.84 Å². The molecular formula is C13H21BrN4O2. The van der Waals surface area contributed by atoms with Gasteiger partial charge in [-0.1, -0.05) is 6.92 Å². The lowest BCUT2D eigenvalue weighted by atomic mass is 10.2. The first-order chi connectivity index (χ1) is 9.67. The summed E-state index contributed by atoms with van der Waals surface area (Å²) in [6.07, 6.45) is 2.43. The van der Waals surface area contributed by atoms with Gasteiger partial charge in [-0.05, 0) is 29.3 Å². The molecule has 2 rings (SSSR count). The van der Waals surface area contributed by atoms with Gasteiger partial charge in [-0.3, -0.25) is 0 Å². The summed E-state index contributed by atoms with van der Waals surface area (Å²) in [4.78, 5) is 10.8. The summed E-state index contributed by atoms with van der Waals surface area (Å²) in [5, 5.41) is 12.6. The molecule has 7 heteroatoms. The summed E-state index contributed by atoms with van der Waals surface area (Å²) in [7, 11) is 0. The van der Waals surface area contributed by atoms with Gasteiger partial charge in [0.05, 0.1) is 25.4 Å². The monoisotopic (exact) mass is 344 g/mol. The minimum atomic E-state index is -0.167. The molecule has 6 nitrogen and oxygen atoms in total. The Hall–Kier alpha value is -0.920. The molecule has 0 amide bonds. The molecule has 0 spiro atoms. The van der Waals surface area contributed by atoms with Crippen molar-refractivity contribution in [2.75, 3.05) is 36.5 Å². The Morgan fingerprint density at radius 1 is 1.55 bits per heavy atom. The first-order valence-electron chi connectivity index (χ1n) is 6.90. The fraction of sp³-hybridized carbons (Fsp3) is 0.692. The van der Waals surface area contributed by atoms with E-state index >= 15 is 0 Å². The van der Waals surface area contributed by atoms with Gasteiger partial charge >= 0.3 is 0 Å². The van der Waals surface area contributed by atoms with E-state index in [1.54, 1.807) is 6.33 Å². The highest BCUT2D eigenvalue weighted by atomic mass is 79.9. The smallest absolute Gasteiger partial charge is 0.148 e. The highest BCUT2D eigenvalue weighted by Crippen LogP contribution is 2.32. The van der Waals surface area contributed by atoms with Crippen molar-refractivity contribution in [3.63, 3.8) is 0 Å². The average molecular weight is 345 g/mol. The molecule has 0 radical (unpaired) electrons. The van der Waals surface area contributed by atoms with Crippen LogP contribution < -0.4 is 10.2 Å². The van der Waals surface area contributed by atoms with Gasteiger partial charge in [-0.15, -0.1) is 0 Å². The lowest BCUT2D eigenvalue weighted by molar-refractivity contribution is -0.0106. The molecule has 20 heavy (non-hydrogen) atoms. The minimum absolute atomic E-state index is 0.0207. The van der Waals surface area contributed by atoms with Crippen LogP contribution in [-0.4, -0.2) is 53.5 Å². The Morgan fingerprint density at radius 3 is 3.05 bits per heavy atom. The maximum atomic E-state index is 9.27. The number of hydrogen-bond donors (Lipinski definition) is 2. The molecule has 1 aromatic heterocycles. The van der Waals surface area contributed by atoms with Crippen molar-refractivity contribution in [3.05, 3.63) is 10.8 Å². The number of aromatic nitrogens is 2. The molecule has 1 fully saturated rings. The zero-order valence-electron chi connectivity index (χ0n) is 11.8. The fourth-order valence-electron chi connectivity index (χ4n) is 2.15. The number of halogens is 1. The van der Waals surface area contributed by atoms with E-state index in [2.05, 4.69) is 50.0 Å². The normalized spacial score (nSPS) is 22.9. The van der Waals surface area contributed by atoms with E-state index in [0.29, 0.717) is 13.2 Å². The third-order valence-corrected chi connectivity index (χ3v) is 4.02. The Morgan fingerprint density at radius 2 is 2.35 bits per heavy atom. The minimum Gasteiger partial charge on any atom is -0.394 e. The second-order valence-electron chi connectivity index (χ2n) is 4.93. The van der Waals surface area contributed by atoms with Crippen molar-refractivity contribution in [2.24, 2.45) is 0 Å². The number of aliphatic hydroxyl groups excluding tert-OH is 1. The van der Waals surface area contributed by atoms with Crippen LogP contribution in [-0.2, 0) is 4.74 Å². The van der Waals surface area contributed by atoms with Crippen LogP contribution in [0.3, 0.4) is 0 Å². The van der Waals surface area contributed by atoms with Gasteiger partial charge in [-0.25, -0.2) is 9.97 Å². The molecule has 2 heterocycles. The Kier molecular flexibility index (Phi) is 5.56. The van der Waals surface area contributed by atoms with Gasteiger partial charge in [0.25, 0.3) is 0 Å². The van der Waals surface area contributed by atoms with Crippen molar-refractivity contribution in [3.8, 4) is 0 Å². The molecule has 0 bridgehead atoms. The predicted molar refractivity (Wildman–Crippen MR) is 82.1 cm³/mol. The van der Waals surface area contributed by atoms with E-state index in [9.17, 15) is 5.11 Å². The second-order valence-corrected chi connectivity index (χ2v) is 5.72. The number of nitrogens with zero attached hydrogens (tertiary/aromatic N) is 3. The topological polar surface area (TPSA) is 70.5 Å². The standard InChI is InChI=1S/C13H21BrN4O2/c1-3-4-15-12-11(14)13(17-8-16-12)18-5-10(6-19)20-7-9(18)2/h8-10,19H,3-7H2,1-2H3,(H,15,16,17). The van der Waals surface area contributed by atoms with Gasteiger partial charge in [-0.2, -0.15) is 0 Å². The lowest BCUT2D eigenvalue weighted by Gasteiger charge is -2.38. The zero-order chi connectivity index (χ0) is 14.5. The maximum absolute atomic E-state index is 9.27. The van der Waals surface area contributed by atoms with E-state index in [1.165, 1.54) is 0 Å². The van der Waals surface area contributed by atoms with Crippen molar-refractivity contribution in [1.82, 2.24) is 9.97 Å². The molecule has 0 aromatic carbocycles. The third-order valence-electron chi connectivity index (χ3n) is 3.29. The van der Waals surface area contributed by atoms with E-state index in [0.717, 1.165) is 29.1 Å². The van der Waals surface area contributed by atoms with Crippen LogP contribution in [0.5, 0.6) is 0 Å². The molecule has 1 aliphatic heterocycles. The van der Waals surface area contributed by atoms with Gasteiger partial charge in [0.1, 0.15) is 22.4 Å². The molecule has 112 valence electrons. The van der Waals surface area contributed by atoms with Crippen LogP contribution in [0.1, 0.15) is 20.3 Å². The highest BCUT2D eigenvalue weighted by Gasteiger charge is 2.28. The predicted octanol–water partition coefficient (Wildman–Crippen LogP) is 1.65. The molecule has 2 atom stereocenters. The maximum Gasteiger partial charge on any atom is 0.148 e. The number of nitrogens with one attached hydrogen (secondary N) is 1. The SMILES string of the molecule is CCCNc1ncnc(N2CC(CO)OCC2C)c1Br. The van der Waals surface area contributed by atoms with Crippen LogP contribution in [0, 0.1) is 0 Å². The van der Waals surface area contributed by atoms with E-state index in [4.69, 9.17) is 4.74 Å². The lowest BCUT2D eigenvalue weighted by Crippen LogP contribution is -2.50. The summed E-state index contributed by atoms with van der Waals surface area (Å²) in [5.74, 6) is 1.64. The molecule has 2 unspecified atom stereocenters. The van der Waals surface area contributed by atoms with E-state index in [1.807, 2.05) is 0 Å².